The monoisotopic (exact) mass is 208 g/mol. The highest BCUT2D eigenvalue weighted by atomic mass is 16.7. The van der Waals surface area contributed by atoms with Crippen LogP contribution in [0.3, 0.4) is 0 Å². The second kappa shape index (κ2) is 3.17. The van der Waals surface area contributed by atoms with Crippen LogP contribution < -0.4 is 0 Å². The zero-order valence-corrected chi connectivity index (χ0v) is 6.69. The quantitative estimate of drug-likeness (QED) is 0.293. The van der Waals surface area contributed by atoms with Gasteiger partial charge in [-0.05, 0) is 0 Å². The standard InChI is InChI=1S/C6H8O8/c7-1-2(8)6(13,14-5(1)12)3(9)4(10)11/h1-3,7-9,13H,(H,10,11)/t1-,2-,3-,6+/m1/s1. The van der Waals surface area contributed by atoms with Crippen molar-refractivity contribution in [1.82, 2.24) is 0 Å². The number of esters is 1. The number of carbonyl (C=O) groups is 2. The van der Waals surface area contributed by atoms with Crippen molar-refractivity contribution in [2.45, 2.75) is 24.1 Å². The normalized spacial score (nSPS) is 39.3. The fraction of sp³-hybridized carbons (Fsp3) is 0.667. The molecule has 0 radical (unpaired) electrons. The van der Waals surface area contributed by atoms with E-state index in [1.807, 2.05) is 0 Å². The van der Waals surface area contributed by atoms with Gasteiger partial charge in [0.05, 0.1) is 0 Å². The molecular formula is C6H8O8. The number of hydrogen-bond donors (Lipinski definition) is 5. The van der Waals surface area contributed by atoms with Gasteiger partial charge in [0, 0.05) is 0 Å². The molecule has 80 valence electrons. The van der Waals surface area contributed by atoms with Crippen molar-refractivity contribution in [3.8, 4) is 0 Å². The van der Waals surface area contributed by atoms with E-state index < -0.39 is 36.0 Å². The smallest absolute Gasteiger partial charge is 0.340 e. The number of rotatable bonds is 2. The topological polar surface area (TPSA) is 145 Å². The maximum atomic E-state index is 10.6. The van der Waals surface area contributed by atoms with Crippen LogP contribution in [-0.2, 0) is 14.3 Å². The highest BCUT2D eigenvalue weighted by Crippen LogP contribution is 2.28. The van der Waals surface area contributed by atoms with Gasteiger partial charge in [-0.1, -0.05) is 0 Å². The number of aliphatic carboxylic acids is 1. The highest BCUT2D eigenvalue weighted by molar-refractivity contribution is 5.81. The molecule has 0 unspecified atom stereocenters. The Hall–Kier alpha value is -1.22. The van der Waals surface area contributed by atoms with Crippen LogP contribution in [0.1, 0.15) is 0 Å². The molecule has 1 aliphatic heterocycles. The Kier molecular flexibility index (Phi) is 2.46. The van der Waals surface area contributed by atoms with Crippen LogP contribution in [0.5, 0.6) is 0 Å². The third-order valence-corrected chi connectivity index (χ3v) is 1.85. The van der Waals surface area contributed by atoms with Crippen molar-refractivity contribution < 1.29 is 39.9 Å². The molecule has 0 aliphatic carbocycles. The van der Waals surface area contributed by atoms with Gasteiger partial charge in [0.25, 0.3) is 5.79 Å². The van der Waals surface area contributed by atoms with Crippen LogP contribution in [-0.4, -0.2) is 61.6 Å². The van der Waals surface area contributed by atoms with Gasteiger partial charge >= 0.3 is 11.9 Å². The molecule has 1 heterocycles. The molecule has 0 saturated carbocycles. The van der Waals surface area contributed by atoms with Gasteiger partial charge in [0.1, 0.15) is 0 Å². The minimum absolute atomic E-state index is 1.40. The van der Waals surface area contributed by atoms with Crippen molar-refractivity contribution in [1.29, 1.82) is 0 Å². The lowest BCUT2D eigenvalue weighted by Gasteiger charge is -2.26. The fourth-order valence-electron chi connectivity index (χ4n) is 1.03. The van der Waals surface area contributed by atoms with Gasteiger partial charge in [-0.2, -0.15) is 0 Å². The van der Waals surface area contributed by atoms with Crippen molar-refractivity contribution in [2.24, 2.45) is 0 Å². The zero-order chi connectivity index (χ0) is 11.1. The lowest BCUT2D eigenvalue weighted by molar-refractivity contribution is -0.260. The number of aliphatic hydroxyl groups is 4. The second-order valence-electron chi connectivity index (χ2n) is 2.80. The predicted molar refractivity (Wildman–Crippen MR) is 36.7 cm³/mol. The van der Waals surface area contributed by atoms with E-state index in [9.17, 15) is 14.7 Å². The van der Waals surface area contributed by atoms with Crippen molar-refractivity contribution in [3.63, 3.8) is 0 Å². The van der Waals surface area contributed by atoms with Gasteiger partial charge in [-0.25, -0.2) is 9.59 Å². The van der Waals surface area contributed by atoms with Gasteiger partial charge in [-0.3, -0.25) is 0 Å². The summed E-state index contributed by atoms with van der Waals surface area (Å²) in [5.74, 6) is -6.31. The number of carbonyl (C=O) groups excluding carboxylic acids is 1. The number of cyclic esters (lactones) is 1. The van der Waals surface area contributed by atoms with E-state index in [0.717, 1.165) is 0 Å². The SMILES string of the molecule is O=C(O)[C@@H](O)[C@@]1(O)OC(=O)[C@H](O)[C@H]1O. The molecule has 0 bridgehead atoms. The number of aliphatic hydroxyl groups excluding tert-OH is 3. The molecular weight excluding hydrogens is 200 g/mol. The van der Waals surface area contributed by atoms with Crippen LogP contribution >= 0.6 is 0 Å². The molecule has 1 fully saturated rings. The number of carboxylic acid groups (broad SMARTS) is 1. The average molecular weight is 208 g/mol. The molecule has 1 aliphatic rings. The van der Waals surface area contributed by atoms with Crippen molar-refractivity contribution in [3.05, 3.63) is 0 Å². The third-order valence-electron chi connectivity index (χ3n) is 1.85. The van der Waals surface area contributed by atoms with Gasteiger partial charge in [-0.15, -0.1) is 0 Å². The van der Waals surface area contributed by atoms with E-state index in [2.05, 4.69) is 4.74 Å². The van der Waals surface area contributed by atoms with Crippen LogP contribution in [0.15, 0.2) is 0 Å². The lowest BCUT2D eigenvalue weighted by Crippen LogP contribution is -2.55. The Balaban J connectivity index is 2.96. The molecule has 1 rings (SSSR count). The Labute approximate surface area is 77.0 Å². The average Bonchev–Trinajstić information content (AvgIpc) is 2.30. The summed E-state index contributed by atoms with van der Waals surface area (Å²) in [6, 6.07) is 0. The Morgan fingerprint density at radius 1 is 1.50 bits per heavy atom. The first kappa shape index (κ1) is 10.9. The molecule has 0 spiro atoms. The summed E-state index contributed by atoms with van der Waals surface area (Å²) in [4.78, 5) is 20.9. The van der Waals surface area contributed by atoms with E-state index in [1.54, 1.807) is 0 Å². The van der Waals surface area contributed by atoms with E-state index in [0.29, 0.717) is 0 Å². The molecule has 0 aromatic carbocycles. The van der Waals surface area contributed by atoms with E-state index in [-0.39, 0.29) is 0 Å². The summed E-state index contributed by atoms with van der Waals surface area (Å²) in [6.07, 6.45) is -6.81. The molecule has 14 heavy (non-hydrogen) atoms. The first-order valence-corrected chi connectivity index (χ1v) is 3.53. The van der Waals surface area contributed by atoms with Gasteiger partial charge in [0.2, 0.25) is 6.10 Å². The van der Waals surface area contributed by atoms with E-state index in [1.165, 1.54) is 0 Å². The van der Waals surface area contributed by atoms with Gasteiger partial charge < -0.3 is 30.3 Å². The van der Waals surface area contributed by atoms with Crippen LogP contribution in [0.25, 0.3) is 0 Å². The van der Waals surface area contributed by atoms with Crippen molar-refractivity contribution in [2.75, 3.05) is 0 Å². The number of carboxylic acids is 1. The largest absolute Gasteiger partial charge is 0.479 e. The molecule has 1 saturated heterocycles. The summed E-state index contributed by atoms with van der Waals surface area (Å²) in [7, 11) is 0. The van der Waals surface area contributed by atoms with Crippen LogP contribution in [0.2, 0.25) is 0 Å². The lowest BCUT2D eigenvalue weighted by atomic mass is 10.0. The molecule has 0 amide bonds. The second-order valence-corrected chi connectivity index (χ2v) is 2.80. The molecule has 4 atom stereocenters. The van der Waals surface area contributed by atoms with E-state index >= 15 is 0 Å². The van der Waals surface area contributed by atoms with Crippen molar-refractivity contribution >= 4 is 11.9 Å². The molecule has 5 N–H and O–H groups in total. The zero-order valence-electron chi connectivity index (χ0n) is 6.69. The number of ether oxygens (including phenoxy) is 1. The summed E-state index contributed by atoms with van der Waals surface area (Å²) in [5.41, 5.74) is 0. The first-order valence-electron chi connectivity index (χ1n) is 3.53. The maximum absolute atomic E-state index is 10.6. The fourth-order valence-corrected chi connectivity index (χ4v) is 1.03. The first-order chi connectivity index (χ1) is 6.30. The molecule has 8 heteroatoms. The Morgan fingerprint density at radius 3 is 2.29 bits per heavy atom. The predicted octanol–water partition coefficient (Wildman–Crippen LogP) is -3.60. The summed E-state index contributed by atoms with van der Waals surface area (Å²) in [5, 5.41) is 44.3. The minimum atomic E-state index is -3.01. The number of hydrogen-bond acceptors (Lipinski definition) is 7. The van der Waals surface area contributed by atoms with Gasteiger partial charge in [0.15, 0.2) is 12.2 Å². The Bertz CT molecular complexity index is 275. The summed E-state index contributed by atoms with van der Waals surface area (Å²) < 4.78 is 3.98. The van der Waals surface area contributed by atoms with Crippen LogP contribution in [0, 0.1) is 0 Å². The molecule has 0 aromatic heterocycles. The molecule has 0 aromatic rings. The third kappa shape index (κ3) is 1.34. The van der Waals surface area contributed by atoms with E-state index in [4.69, 9.17) is 20.4 Å². The summed E-state index contributed by atoms with van der Waals surface area (Å²) in [6.45, 7) is 0. The maximum Gasteiger partial charge on any atom is 0.340 e. The Morgan fingerprint density at radius 2 is 2.00 bits per heavy atom. The highest BCUT2D eigenvalue weighted by Gasteiger charge is 2.60. The summed E-state index contributed by atoms with van der Waals surface area (Å²) >= 11 is 0. The van der Waals surface area contributed by atoms with Crippen LogP contribution in [0.4, 0.5) is 0 Å². The molecule has 8 nitrogen and oxygen atoms in total. The minimum Gasteiger partial charge on any atom is -0.479 e.